The number of benzene rings is 1. The van der Waals surface area contributed by atoms with Crippen molar-refractivity contribution in [2.24, 2.45) is 4.99 Å². The summed E-state index contributed by atoms with van der Waals surface area (Å²) < 4.78 is 0. The van der Waals surface area contributed by atoms with Crippen LogP contribution in [0.3, 0.4) is 0 Å². The minimum atomic E-state index is 0.0122. The first-order valence-electron chi connectivity index (χ1n) is 4.10. The van der Waals surface area contributed by atoms with Crippen molar-refractivity contribution in [1.29, 1.82) is 0 Å². The van der Waals surface area contributed by atoms with Gasteiger partial charge in [-0.1, -0.05) is 18.2 Å². The summed E-state index contributed by atoms with van der Waals surface area (Å²) in [4.78, 5) is 4.25. The van der Waals surface area contributed by atoms with Crippen LogP contribution in [0.25, 0.3) is 0 Å². The Morgan fingerprint density at radius 1 is 1.25 bits per heavy atom. The maximum Gasteiger partial charge on any atom is 0.0893 e. The van der Waals surface area contributed by atoms with Crippen LogP contribution < -0.4 is 5.32 Å². The average Bonchev–Trinajstić information content (AvgIpc) is 2.04. The van der Waals surface area contributed by atoms with Gasteiger partial charge in [-0.3, -0.25) is 0 Å². The van der Waals surface area contributed by atoms with E-state index in [1.165, 1.54) is 5.56 Å². The molecule has 0 aliphatic carbocycles. The fourth-order valence-corrected chi connectivity index (χ4v) is 1.46. The Morgan fingerprint density at radius 3 is 2.75 bits per heavy atom. The van der Waals surface area contributed by atoms with E-state index in [-0.39, 0.29) is 5.54 Å². The number of nitrogens with one attached hydrogen (secondary N) is 1. The normalized spacial score (nSPS) is 18.2. The van der Waals surface area contributed by atoms with Crippen LogP contribution in [-0.2, 0) is 5.54 Å². The molecule has 0 spiro atoms. The second-order valence-corrected chi connectivity index (χ2v) is 3.54. The molecule has 0 radical (unpaired) electrons. The van der Waals surface area contributed by atoms with Crippen molar-refractivity contribution in [3.8, 4) is 0 Å². The Balaban J connectivity index is 2.60. The molecule has 1 aromatic rings. The molecule has 0 aromatic heterocycles. The van der Waals surface area contributed by atoms with E-state index >= 15 is 0 Å². The summed E-state index contributed by atoms with van der Waals surface area (Å²) >= 11 is 0. The lowest BCUT2D eigenvalue weighted by molar-refractivity contribution is 0.487. The lowest BCUT2D eigenvalue weighted by atomic mass is 9.92. The Hall–Kier alpha value is -1.31. The van der Waals surface area contributed by atoms with Crippen LogP contribution in [0.2, 0.25) is 0 Å². The molecule has 1 aromatic carbocycles. The molecule has 2 rings (SSSR count). The largest absolute Gasteiger partial charge is 0.367 e. The minimum Gasteiger partial charge on any atom is -0.367 e. The third kappa shape index (κ3) is 0.998. The summed E-state index contributed by atoms with van der Waals surface area (Å²) in [7, 11) is 0. The molecule has 1 aliphatic rings. The van der Waals surface area contributed by atoms with E-state index in [2.05, 4.69) is 30.2 Å². The van der Waals surface area contributed by atoms with Crippen LogP contribution in [0, 0.1) is 0 Å². The van der Waals surface area contributed by atoms with E-state index in [0.717, 1.165) is 5.69 Å². The van der Waals surface area contributed by atoms with Gasteiger partial charge in [-0.2, -0.15) is 0 Å². The smallest absolute Gasteiger partial charge is 0.0893 e. The molecular formula is C10H12N2. The summed E-state index contributed by atoms with van der Waals surface area (Å²) in [6.45, 7) is 4.30. The van der Waals surface area contributed by atoms with E-state index in [1.807, 2.05) is 18.2 Å². The molecule has 2 heteroatoms. The first-order valence-corrected chi connectivity index (χ1v) is 4.10. The molecule has 12 heavy (non-hydrogen) atoms. The number of nitrogens with zero attached hydrogens (tertiary/aromatic N) is 1. The molecule has 62 valence electrons. The molecule has 0 bridgehead atoms. The van der Waals surface area contributed by atoms with Crippen LogP contribution in [-0.4, -0.2) is 6.34 Å². The van der Waals surface area contributed by atoms with Crippen molar-refractivity contribution in [1.82, 2.24) is 5.32 Å². The van der Waals surface area contributed by atoms with Crippen LogP contribution >= 0.6 is 0 Å². The summed E-state index contributed by atoms with van der Waals surface area (Å²) in [6.07, 6.45) is 1.77. The van der Waals surface area contributed by atoms with Crippen molar-refractivity contribution >= 4 is 12.0 Å². The van der Waals surface area contributed by atoms with Crippen molar-refractivity contribution in [2.75, 3.05) is 0 Å². The summed E-state index contributed by atoms with van der Waals surface area (Å²) in [6, 6.07) is 8.20. The highest BCUT2D eigenvalue weighted by molar-refractivity contribution is 5.69. The fourth-order valence-electron chi connectivity index (χ4n) is 1.46. The second-order valence-electron chi connectivity index (χ2n) is 3.54. The van der Waals surface area contributed by atoms with Crippen molar-refractivity contribution in [3.63, 3.8) is 0 Å². The average molecular weight is 160 g/mol. The van der Waals surface area contributed by atoms with Gasteiger partial charge in [-0.05, 0) is 19.9 Å². The Labute approximate surface area is 72.3 Å². The zero-order valence-electron chi connectivity index (χ0n) is 7.33. The van der Waals surface area contributed by atoms with Gasteiger partial charge in [0.1, 0.15) is 0 Å². The van der Waals surface area contributed by atoms with E-state index in [4.69, 9.17) is 0 Å². The number of fused-ring (bicyclic) bond motifs is 1. The molecule has 1 N–H and O–H groups in total. The van der Waals surface area contributed by atoms with Gasteiger partial charge >= 0.3 is 0 Å². The van der Waals surface area contributed by atoms with Gasteiger partial charge < -0.3 is 5.32 Å². The Morgan fingerprint density at radius 2 is 2.00 bits per heavy atom. The highest BCUT2D eigenvalue weighted by Gasteiger charge is 2.23. The molecule has 0 amide bonds. The van der Waals surface area contributed by atoms with Crippen molar-refractivity contribution in [3.05, 3.63) is 29.8 Å². The lowest BCUT2D eigenvalue weighted by Gasteiger charge is -2.29. The quantitative estimate of drug-likeness (QED) is 0.618. The number of rotatable bonds is 0. The molecule has 1 aliphatic heterocycles. The van der Waals surface area contributed by atoms with E-state index < -0.39 is 0 Å². The number of para-hydroxylation sites is 1. The van der Waals surface area contributed by atoms with Gasteiger partial charge in [0.05, 0.1) is 17.6 Å². The van der Waals surface area contributed by atoms with Crippen LogP contribution in [0.15, 0.2) is 29.3 Å². The highest BCUT2D eigenvalue weighted by Crippen LogP contribution is 2.31. The standard InChI is InChI=1S/C10H12N2/c1-10(2)8-5-3-4-6-9(8)11-7-12-10/h3-7H,1-2H3,(H,11,12). The molecule has 2 nitrogen and oxygen atoms in total. The van der Waals surface area contributed by atoms with Crippen LogP contribution in [0.1, 0.15) is 19.4 Å². The lowest BCUT2D eigenvalue weighted by Crippen LogP contribution is -2.37. The predicted octanol–water partition coefficient (Wildman–Crippen LogP) is 2.18. The molecule has 0 unspecified atom stereocenters. The van der Waals surface area contributed by atoms with Gasteiger partial charge in [0.15, 0.2) is 0 Å². The van der Waals surface area contributed by atoms with E-state index in [9.17, 15) is 0 Å². The topological polar surface area (TPSA) is 24.4 Å². The second kappa shape index (κ2) is 2.34. The minimum absolute atomic E-state index is 0.0122. The Bertz CT molecular complexity index is 326. The van der Waals surface area contributed by atoms with Gasteiger partial charge in [0, 0.05) is 5.56 Å². The summed E-state index contributed by atoms with van der Waals surface area (Å²) in [5.41, 5.74) is 2.34. The zero-order valence-corrected chi connectivity index (χ0v) is 7.33. The maximum absolute atomic E-state index is 4.25. The van der Waals surface area contributed by atoms with E-state index in [0.29, 0.717) is 0 Å². The number of hydrogen-bond donors (Lipinski definition) is 1. The molecule has 0 saturated carbocycles. The van der Waals surface area contributed by atoms with Crippen molar-refractivity contribution < 1.29 is 0 Å². The Kier molecular flexibility index (Phi) is 1.43. The summed E-state index contributed by atoms with van der Waals surface area (Å²) in [5.74, 6) is 0. The van der Waals surface area contributed by atoms with Gasteiger partial charge in [-0.15, -0.1) is 0 Å². The summed E-state index contributed by atoms with van der Waals surface area (Å²) in [5, 5.41) is 3.22. The van der Waals surface area contributed by atoms with E-state index in [1.54, 1.807) is 6.34 Å². The molecular weight excluding hydrogens is 148 g/mol. The molecule has 1 heterocycles. The highest BCUT2D eigenvalue weighted by atomic mass is 15.0. The number of hydrogen-bond acceptors (Lipinski definition) is 2. The van der Waals surface area contributed by atoms with Gasteiger partial charge in [-0.25, -0.2) is 4.99 Å². The zero-order chi connectivity index (χ0) is 8.60. The maximum atomic E-state index is 4.25. The van der Waals surface area contributed by atoms with Gasteiger partial charge in [0.25, 0.3) is 0 Å². The predicted molar refractivity (Wildman–Crippen MR) is 50.8 cm³/mol. The van der Waals surface area contributed by atoms with Crippen LogP contribution in [0.5, 0.6) is 0 Å². The monoisotopic (exact) mass is 160 g/mol. The van der Waals surface area contributed by atoms with Crippen molar-refractivity contribution in [2.45, 2.75) is 19.4 Å². The molecule has 0 fully saturated rings. The first-order chi connectivity index (χ1) is 5.70. The third-order valence-corrected chi connectivity index (χ3v) is 2.21. The van der Waals surface area contributed by atoms with Crippen LogP contribution in [0.4, 0.5) is 5.69 Å². The van der Waals surface area contributed by atoms with Gasteiger partial charge in [0.2, 0.25) is 0 Å². The molecule has 0 atom stereocenters. The first kappa shape index (κ1) is 7.35. The SMILES string of the molecule is CC1(C)NC=Nc2ccccc21. The third-order valence-electron chi connectivity index (χ3n) is 2.21. The fraction of sp³-hybridized carbons (Fsp3) is 0.300. The molecule has 0 saturated heterocycles. The number of aliphatic imine (C=N–C) groups is 1.